The van der Waals surface area contributed by atoms with Crippen LogP contribution in [0.4, 0.5) is 0 Å². The molecule has 3 aromatic rings. The highest BCUT2D eigenvalue weighted by molar-refractivity contribution is 7.89. The molecule has 40 heavy (non-hydrogen) atoms. The predicted octanol–water partition coefficient (Wildman–Crippen LogP) is 5.16. The summed E-state index contributed by atoms with van der Waals surface area (Å²) in [5.41, 5.74) is 0.743. The van der Waals surface area contributed by atoms with Crippen molar-refractivity contribution in [3.05, 3.63) is 71.9 Å². The topological polar surface area (TPSA) is 92.1 Å². The van der Waals surface area contributed by atoms with Crippen LogP contribution >= 0.6 is 0 Å². The molecule has 0 atom stereocenters. The molecule has 0 N–H and O–H groups in total. The molecule has 9 nitrogen and oxygen atoms in total. The lowest BCUT2D eigenvalue weighted by Crippen LogP contribution is -2.41. The second-order valence-corrected chi connectivity index (χ2v) is 13.8. The summed E-state index contributed by atoms with van der Waals surface area (Å²) in [6.07, 6.45) is 1.69. The molecule has 2 heterocycles. The second kappa shape index (κ2) is 11.2. The van der Waals surface area contributed by atoms with Gasteiger partial charge in [-0.25, -0.2) is 8.42 Å². The summed E-state index contributed by atoms with van der Waals surface area (Å²) < 4.78 is 54.0. The molecule has 11 heteroatoms. The SMILES string of the molecule is COc1ccc(CN(Cc2ccc(OC)cc2)S(=O)(=O)c2ccn(CC(C)(C)B3OC(C)(C)C(C)(C)O3)n2)cc1. The molecule has 1 aliphatic rings. The van der Waals surface area contributed by atoms with Crippen molar-refractivity contribution in [2.45, 2.75) is 82.7 Å². The Hall–Kier alpha value is -2.86. The molecule has 0 radical (unpaired) electrons. The summed E-state index contributed by atoms with van der Waals surface area (Å²) in [4.78, 5) is 0. The van der Waals surface area contributed by atoms with E-state index in [1.54, 1.807) is 31.2 Å². The van der Waals surface area contributed by atoms with E-state index in [1.165, 1.54) is 4.31 Å². The molecule has 0 aliphatic carbocycles. The lowest BCUT2D eigenvalue weighted by Gasteiger charge is -2.32. The first-order valence-electron chi connectivity index (χ1n) is 13.3. The van der Waals surface area contributed by atoms with Gasteiger partial charge in [-0.1, -0.05) is 38.1 Å². The Bertz CT molecular complexity index is 1340. The molecule has 1 fully saturated rings. The minimum atomic E-state index is -3.94. The molecule has 0 unspecified atom stereocenters. The van der Waals surface area contributed by atoms with E-state index in [1.807, 2.05) is 90.1 Å². The van der Waals surface area contributed by atoms with E-state index in [9.17, 15) is 8.42 Å². The first kappa shape index (κ1) is 30.1. The maximum Gasteiger partial charge on any atom is 0.465 e. The number of methoxy groups -OCH3 is 2. The van der Waals surface area contributed by atoms with Gasteiger partial charge in [0.25, 0.3) is 10.0 Å². The summed E-state index contributed by atoms with van der Waals surface area (Å²) >= 11 is 0. The highest BCUT2D eigenvalue weighted by Crippen LogP contribution is 2.45. The number of hydrogen-bond donors (Lipinski definition) is 0. The van der Waals surface area contributed by atoms with E-state index in [0.717, 1.165) is 11.1 Å². The van der Waals surface area contributed by atoms with Crippen LogP contribution in [0, 0.1) is 0 Å². The maximum absolute atomic E-state index is 13.9. The number of hydrogen-bond acceptors (Lipinski definition) is 7. The van der Waals surface area contributed by atoms with Crippen LogP contribution in [-0.2, 0) is 39.0 Å². The molecule has 0 spiro atoms. The minimum Gasteiger partial charge on any atom is -0.497 e. The van der Waals surface area contributed by atoms with Crippen molar-refractivity contribution in [3.63, 3.8) is 0 Å². The Kier molecular flexibility index (Phi) is 8.43. The normalized spacial score (nSPS) is 16.9. The van der Waals surface area contributed by atoms with Gasteiger partial charge in [-0.2, -0.15) is 9.40 Å². The number of aromatic nitrogens is 2. The smallest absolute Gasteiger partial charge is 0.465 e. The first-order valence-corrected chi connectivity index (χ1v) is 14.8. The molecular formula is C29H40BN3O6S. The number of ether oxygens (including phenoxy) is 2. The minimum absolute atomic E-state index is 0.0146. The Labute approximate surface area is 238 Å². The van der Waals surface area contributed by atoms with Gasteiger partial charge < -0.3 is 18.8 Å². The quantitative estimate of drug-likeness (QED) is 0.295. The van der Waals surface area contributed by atoms with Crippen molar-refractivity contribution in [1.82, 2.24) is 14.1 Å². The zero-order chi connectivity index (χ0) is 29.3. The first-order chi connectivity index (χ1) is 18.7. The van der Waals surface area contributed by atoms with Gasteiger partial charge in [0.1, 0.15) is 11.5 Å². The lowest BCUT2D eigenvalue weighted by molar-refractivity contribution is 0.00578. The fourth-order valence-electron chi connectivity index (χ4n) is 4.45. The zero-order valence-electron chi connectivity index (χ0n) is 24.7. The molecule has 216 valence electrons. The van der Waals surface area contributed by atoms with Crippen LogP contribution in [0.1, 0.15) is 52.7 Å². The number of rotatable bonds is 11. The van der Waals surface area contributed by atoms with E-state index in [4.69, 9.17) is 18.8 Å². The fourth-order valence-corrected chi connectivity index (χ4v) is 5.79. The summed E-state index contributed by atoms with van der Waals surface area (Å²) in [6, 6.07) is 16.3. The van der Waals surface area contributed by atoms with Crippen LogP contribution in [0.2, 0.25) is 5.31 Å². The van der Waals surface area contributed by atoms with E-state index in [-0.39, 0.29) is 18.1 Å². The van der Waals surface area contributed by atoms with Gasteiger partial charge in [0.05, 0.1) is 25.4 Å². The average molecular weight is 570 g/mol. The van der Waals surface area contributed by atoms with E-state index in [0.29, 0.717) is 18.0 Å². The summed E-state index contributed by atoms with van der Waals surface area (Å²) in [6.45, 7) is 12.9. The monoisotopic (exact) mass is 569 g/mol. The molecule has 1 aliphatic heterocycles. The van der Waals surface area contributed by atoms with Gasteiger partial charge in [0.15, 0.2) is 5.03 Å². The third kappa shape index (κ3) is 6.38. The van der Waals surface area contributed by atoms with Crippen molar-refractivity contribution in [1.29, 1.82) is 0 Å². The van der Waals surface area contributed by atoms with E-state index in [2.05, 4.69) is 5.10 Å². The van der Waals surface area contributed by atoms with Crippen LogP contribution in [0.3, 0.4) is 0 Å². The standard InChI is InChI=1S/C29H40BN3O6S/c1-27(2,30-38-28(3,4)29(5,6)39-30)21-32-18-17-26(31-32)40(34,35)33(19-22-9-13-24(36-7)14-10-22)20-23-11-15-25(37-8)16-12-23/h9-18H,19-21H2,1-8H3. The summed E-state index contributed by atoms with van der Waals surface area (Å²) in [7, 11) is -1.22. The molecule has 1 saturated heterocycles. The summed E-state index contributed by atoms with van der Waals surface area (Å²) in [5.74, 6) is 1.41. The van der Waals surface area contributed by atoms with Crippen LogP contribution in [0.5, 0.6) is 11.5 Å². The highest BCUT2D eigenvalue weighted by Gasteiger charge is 2.56. The average Bonchev–Trinajstić information content (AvgIpc) is 3.45. The molecule has 4 rings (SSSR count). The predicted molar refractivity (Wildman–Crippen MR) is 155 cm³/mol. The van der Waals surface area contributed by atoms with Gasteiger partial charge >= 0.3 is 7.12 Å². The Balaban J connectivity index is 1.58. The Morgan fingerprint density at radius 2 is 1.30 bits per heavy atom. The number of benzene rings is 2. The highest BCUT2D eigenvalue weighted by atomic mass is 32.2. The van der Waals surface area contributed by atoms with Crippen molar-refractivity contribution >= 4 is 17.1 Å². The molecule has 1 aromatic heterocycles. The van der Waals surface area contributed by atoms with Crippen LogP contribution in [0.15, 0.2) is 65.8 Å². The van der Waals surface area contributed by atoms with Crippen molar-refractivity contribution < 1.29 is 27.2 Å². The molecule has 0 saturated carbocycles. The van der Waals surface area contributed by atoms with Gasteiger partial charge in [-0.05, 0) is 69.2 Å². The molecular weight excluding hydrogens is 529 g/mol. The van der Waals surface area contributed by atoms with Crippen molar-refractivity contribution in [3.8, 4) is 11.5 Å². The lowest BCUT2D eigenvalue weighted by atomic mass is 9.59. The molecule has 0 amide bonds. The number of nitrogens with zero attached hydrogens (tertiary/aromatic N) is 3. The van der Waals surface area contributed by atoms with E-state index < -0.39 is 33.7 Å². The van der Waals surface area contributed by atoms with Gasteiger partial charge in [0, 0.05) is 31.1 Å². The number of sulfonamides is 1. The van der Waals surface area contributed by atoms with Gasteiger partial charge in [-0.15, -0.1) is 0 Å². The fraction of sp³-hybridized carbons (Fsp3) is 0.483. The van der Waals surface area contributed by atoms with Gasteiger partial charge in [0.2, 0.25) is 0 Å². The van der Waals surface area contributed by atoms with Crippen LogP contribution in [-0.4, -0.2) is 55.0 Å². The maximum atomic E-state index is 13.9. The van der Waals surface area contributed by atoms with Crippen molar-refractivity contribution in [2.24, 2.45) is 0 Å². The van der Waals surface area contributed by atoms with Crippen LogP contribution in [0.25, 0.3) is 0 Å². The Morgan fingerprint density at radius 1 is 0.850 bits per heavy atom. The third-order valence-electron chi connectivity index (χ3n) is 7.72. The Morgan fingerprint density at radius 3 is 1.73 bits per heavy atom. The van der Waals surface area contributed by atoms with E-state index >= 15 is 0 Å². The van der Waals surface area contributed by atoms with Crippen LogP contribution < -0.4 is 9.47 Å². The largest absolute Gasteiger partial charge is 0.497 e. The summed E-state index contributed by atoms with van der Waals surface area (Å²) in [5, 5.41) is 4.02. The second-order valence-electron chi connectivity index (χ2n) is 11.9. The molecule has 2 aromatic carbocycles. The molecule has 0 bridgehead atoms. The van der Waals surface area contributed by atoms with Crippen molar-refractivity contribution in [2.75, 3.05) is 14.2 Å². The zero-order valence-corrected chi connectivity index (χ0v) is 25.5. The third-order valence-corrected chi connectivity index (χ3v) is 9.40. The van der Waals surface area contributed by atoms with Gasteiger partial charge in [-0.3, -0.25) is 4.68 Å².